The monoisotopic (exact) mass is 313 g/mol. The molecule has 1 heterocycles. The van der Waals surface area contributed by atoms with Gasteiger partial charge in [0.15, 0.2) is 0 Å². The summed E-state index contributed by atoms with van der Waals surface area (Å²) in [5.74, 6) is 0. The molecule has 0 amide bonds. The van der Waals surface area contributed by atoms with Gasteiger partial charge in [0.1, 0.15) is 18.7 Å². The van der Waals surface area contributed by atoms with Crippen LogP contribution >= 0.6 is 11.6 Å². The quantitative estimate of drug-likeness (QED) is 0.346. The fraction of sp³-hybridized carbons (Fsp3) is 0.500. The predicted molar refractivity (Wildman–Crippen MR) is 80.6 cm³/mol. The molecule has 0 saturated carbocycles. The number of likely N-dealkylation sites (tertiary alicyclic amines) is 1. The first-order valence-electron chi connectivity index (χ1n) is 6.88. The number of hydrogen-bond acceptors (Lipinski definition) is 6. The lowest BCUT2D eigenvalue weighted by molar-refractivity contribution is -0.115. The Morgan fingerprint density at radius 2 is 2.29 bits per heavy atom. The van der Waals surface area contributed by atoms with Crippen molar-refractivity contribution >= 4 is 23.6 Å². The highest BCUT2D eigenvalue weighted by molar-refractivity contribution is 6.33. The summed E-state index contributed by atoms with van der Waals surface area (Å²) in [6, 6.07) is 4.60. The summed E-state index contributed by atoms with van der Waals surface area (Å²) in [5, 5.41) is 23.3. The molecule has 1 aliphatic rings. The van der Waals surface area contributed by atoms with Crippen molar-refractivity contribution in [1.29, 1.82) is 0 Å². The predicted octanol–water partition coefficient (Wildman–Crippen LogP) is 0.484. The molecule has 2 unspecified atom stereocenters. The molecule has 1 aromatic carbocycles. The summed E-state index contributed by atoms with van der Waals surface area (Å²) in [7, 11) is 0. The number of carbonyl (C=O) groups is 1. The average Bonchev–Trinajstić information content (AvgIpc) is 2.95. The van der Waals surface area contributed by atoms with Crippen LogP contribution in [0.15, 0.2) is 18.2 Å². The van der Waals surface area contributed by atoms with Crippen molar-refractivity contribution in [2.24, 2.45) is 0 Å². The van der Waals surface area contributed by atoms with Crippen LogP contribution in [0.5, 0.6) is 0 Å². The smallest absolute Gasteiger partial charge is 0.137 e. The molecule has 1 saturated heterocycles. The van der Waals surface area contributed by atoms with Gasteiger partial charge < -0.3 is 20.7 Å². The van der Waals surface area contributed by atoms with Crippen LogP contribution in [0.3, 0.4) is 0 Å². The third-order valence-electron chi connectivity index (χ3n) is 3.72. The van der Waals surface area contributed by atoms with Crippen LogP contribution in [-0.4, -0.2) is 46.8 Å². The van der Waals surface area contributed by atoms with Crippen LogP contribution in [0.1, 0.15) is 24.6 Å². The topological polar surface area (TPSA) is 98.8 Å². The number of nitrogens with two attached hydrogens (primary N) is 1. The summed E-state index contributed by atoms with van der Waals surface area (Å²) in [6.07, 6.45) is 0.719. The lowest BCUT2D eigenvalue weighted by Crippen LogP contribution is -2.46. The van der Waals surface area contributed by atoms with E-state index in [4.69, 9.17) is 17.3 Å². The molecule has 0 aromatic heterocycles. The van der Waals surface area contributed by atoms with E-state index >= 15 is 0 Å². The van der Waals surface area contributed by atoms with Crippen molar-refractivity contribution in [2.75, 3.05) is 18.8 Å². The molecule has 2 rings (SSSR count). The van der Waals surface area contributed by atoms with Crippen LogP contribution in [0.25, 0.3) is 0 Å². The Morgan fingerprint density at radius 1 is 1.52 bits per heavy atom. The first-order valence-corrected chi connectivity index (χ1v) is 7.26. The molecule has 1 aliphatic heterocycles. The van der Waals surface area contributed by atoms with Gasteiger partial charge in [0, 0.05) is 13.1 Å². The Bertz CT molecular complexity index is 500. The first kappa shape index (κ1) is 16.2. The number of aliphatic hydroxyl groups excluding tert-OH is 2. The third-order valence-corrected chi connectivity index (χ3v) is 4.04. The normalized spacial score (nSPS) is 22.1. The van der Waals surface area contributed by atoms with Crippen molar-refractivity contribution in [3.8, 4) is 0 Å². The van der Waals surface area contributed by atoms with Crippen LogP contribution in [0.2, 0.25) is 5.02 Å². The van der Waals surface area contributed by atoms with Crippen molar-refractivity contribution < 1.29 is 15.0 Å². The number of nitrogens with one attached hydrogen (secondary N) is 1. The molecule has 3 atom stereocenters. The highest BCUT2D eigenvalue weighted by Gasteiger charge is 2.29. The fourth-order valence-electron chi connectivity index (χ4n) is 2.50. The lowest BCUT2D eigenvalue weighted by atomic mass is 10.2. The largest absolute Gasteiger partial charge is 0.398 e. The Kier molecular flexibility index (Phi) is 5.55. The number of rotatable bonds is 6. The van der Waals surface area contributed by atoms with Gasteiger partial charge in [-0.3, -0.25) is 10.2 Å². The van der Waals surface area contributed by atoms with Crippen LogP contribution in [0, 0.1) is 0 Å². The summed E-state index contributed by atoms with van der Waals surface area (Å²) in [6.45, 7) is 0.823. The molecule has 0 radical (unpaired) electrons. The zero-order valence-corrected chi connectivity index (χ0v) is 12.3. The molecule has 0 bridgehead atoms. The van der Waals surface area contributed by atoms with E-state index in [0.29, 0.717) is 22.8 Å². The molecule has 1 aromatic rings. The van der Waals surface area contributed by atoms with Gasteiger partial charge >= 0.3 is 0 Å². The number of aliphatic hydroxyl groups is 2. The number of carbonyl (C=O) groups excluding carboxylic acids is 1. The SMILES string of the molecule is Nc1ccc(C(O)NCC(O)N2CCC[C@@H]2C=O)cc1Cl. The average molecular weight is 314 g/mol. The molecule has 6 nitrogen and oxygen atoms in total. The number of benzene rings is 1. The zero-order valence-electron chi connectivity index (χ0n) is 11.6. The second-order valence-electron chi connectivity index (χ2n) is 5.16. The zero-order chi connectivity index (χ0) is 15.4. The second-order valence-corrected chi connectivity index (χ2v) is 5.56. The maximum Gasteiger partial charge on any atom is 0.137 e. The van der Waals surface area contributed by atoms with E-state index in [-0.39, 0.29) is 12.6 Å². The Morgan fingerprint density at radius 3 is 2.95 bits per heavy atom. The minimum atomic E-state index is -0.963. The van der Waals surface area contributed by atoms with Gasteiger partial charge in [0.2, 0.25) is 0 Å². The standard InChI is InChI=1S/C14H20ClN3O3/c15-11-6-9(3-4-12(11)16)14(21)17-7-13(20)18-5-1-2-10(18)8-19/h3-4,6,8,10,13-14,17,20-21H,1-2,5,7,16H2/t10-,13?,14?/m1/s1. The Hall–Kier alpha value is -1.18. The van der Waals surface area contributed by atoms with E-state index in [1.807, 2.05) is 0 Å². The molecule has 0 spiro atoms. The van der Waals surface area contributed by atoms with E-state index in [9.17, 15) is 15.0 Å². The van der Waals surface area contributed by atoms with E-state index < -0.39 is 12.5 Å². The highest BCUT2D eigenvalue weighted by atomic mass is 35.5. The van der Waals surface area contributed by atoms with Crippen LogP contribution in [-0.2, 0) is 4.79 Å². The summed E-state index contributed by atoms with van der Waals surface area (Å²) < 4.78 is 0. The molecule has 1 fully saturated rings. The number of nitrogens with zero attached hydrogens (tertiary/aromatic N) is 1. The number of nitrogen functional groups attached to an aromatic ring is 1. The second kappa shape index (κ2) is 7.20. The van der Waals surface area contributed by atoms with Crippen molar-refractivity contribution in [1.82, 2.24) is 10.2 Å². The van der Waals surface area contributed by atoms with E-state index in [2.05, 4.69) is 5.32 Å². The maximum absolute atomic E-state index is 10.9. The lowest BCUT2D eigenvalue weighted by Gasteiger charge is -2.27. The van der Waals surface area contributed by atoms with Gasteiger partial charge in [0.25, 0.3) is 0 Å². The molecule has 116 valence electrons. The van der Waals surface area contributed by atoms with Gasteiger partial charge in [-0.25, -0.2) is 0 Å². The molecule has 0 aliphatic carbocycles. The number of anilines is 1. The van der Waals surface area contributed by atoms with E-state index in [0.717, 1.165) is 19.1 Å². The number of halogens is 1. The Labute approximate surface area is 128 Å². The Balaban J connectivity index is 1.89. The van der Waals surface area contributed by atoms with Crippen LogP contribution in [0.4, 0.5) is 5.69 Å². The highest BCUT2D eigenvalue weighted by Crippen LogP contribution is 2.23. The number of aldehydes is 1. The number of hydrogen-bond donors (Lipinski definition) is 4. The van der Waals surface area contributed by atoms with E-state index in [1.165, 1.54) is 0 Å². The van der Waals surface area contributed by atoms with Crippen molar-refractivity contribution in [3.05, 3.63) is 28.8 Å². The van der Waals surface area contributed by atoms with Gasteiger partial charge in [-0.1, -0.05) is 17.7 Å². The molecule has 5 N–H and O–H groups in total. The van der Waals surface area contributed by atoms with Gasteiger partial charge in [0.05, 0.1) is 16.8 Å². The molecular formula is C14H20ClN3O3. The molecular weight excluding hydrogens is 294 g/mol. The maximum atomic E-state index is 10.9. The first-order chi connectivity index (χ1) is 10.0. The summed E-state index contributed by atoms with van der Waals surface area (Å²) in [4.78, 5) is 12.6. The van der Waals surface area contributed by atoms with Gasteiger partial charge in [-0.05, 0) is 30.5 Å². The summed E-state index contributed by atoms with van der Waals surface area (Å²) in [5.41, 5.74) is 6.62. The van der Waals surface area contributed by atoms with Crippen molar-refractivity contribution in [3.63, 3.8) is 0 Å². The van der Waals surface area contributed by atoms with Gasteiger partial charge in [-0.15, -0.1) is 0 Å². The van der Waals surface area contributed by atoms with Gasteiger partial charge in [-0.2, -0.15) is 0 Å². The van der Waals surface area contributed by atoms with Crippen LogP contribution < -0.4 is 11.1 Å². The third kappa shape index (κ3) is 3.93. The summed E-state index contributed by atoms with van der Waals surface area (Å²) >= 11 is 5.90. The fourth-order valence-corrected chi connectivity index (χ4v) is 2.69. The van der Waals surface area contributed by atoms with Crippen molar-refractivity contribution in [2.45, 2.75) is 31.3 Å². The minimum Gasteiger partial charge on any atom is -0.398 e. The molecule has 7 heteroatoms. The van der Waals surface area contributed by atoms with E-state index in [1.54, 1.807) is 23.1 Å². The minimum absolute atomic E-state index is 0.146. The molecule has 21 heavy (non-hydrogen) atoms.